The van der Waals surface area contributed by atoms with Crippen molar-refractivity contribution in [2.45, 2.75) is 13.1 Å². The Balaban J connectivity index is 1.37. The van der Waals surface area contributed by atoms with Gasteiger partial charge in [-0.3, -0.25) is 9.78 Å². The third-order valence-electron chi connectivity index (χ3n) is 5.37. The average Bonchev–Trinajstić information content (AvgIpc) is 3.42. The molecule has 3 aromatic heterocycles. The first-order chi connectivity index (χ1) is 16.3. The van der Waals surface area contributed by atoms with Crippen molar-refractivity contribution in [2.24, 2.45) is 0 Å². The number of benzene rings is 2. The summed E-state index contributed by atoms with van der Waals surface area (Å²) in [6, 6.07) is 13.6. The molecule has 0 aliphatic heterocycles. The summed E-state index contributed by atoms with van der Waals surface area (Å²) in [7, 11) is 0. The number of hydrogen-bond donors (Lipinski definition) is 2. The molecule has 2 aromatic carbocycles. The summed E-state index contributed by atoms with van der Waals surface area (Å²) in [5.74, 6) is 0.280. The molecule has 34 heavy (non-hydrogen) atoms. The molecule has 0 radical (unpaired) electrons. The summed E-state index contributed by atoms with van der Waals surface area (Å²) in [6.45, 7) is 1.68. The largest absolute Gasteiger partial charge is 0.416 e. The van der Waals surface area contributed by atoms with Gasteiger partial charge in [0.1, 0.15) is 5.82 Å². The van der Waals surface area contributed by atoms with E-state index in [4.69, 9.17) is 0 Å². The van der Waals surface area contributed by atoms with Crippen LogP contribution in [0.5, 0.6) is 0 Å². The van der Waals surface area contributed by atoms with E-state index < -0.39 is 11.7 Å². The van der Waals surface area contributed by atoms with Crippen molar-refractivity contribution in [2.75, 3.05) is 5.32 Å². The number of carbonyl (C=O) groups excluding carboxylic acids is 1. The Morgan fingerprint density at radius 3 is 2.56 bits per heavy atom. The van der Waals surface area contributed by atoms with E-state index in [1.807, 2.05) is 12.1 Å². The highest BCUT2D eigenvalue weighted by molar-refractivity contribution is 6.05. The van der Waals surface area contributed by atoms with E-state index in [2.05, 4.69) is 25.4 Å². The van der Waals surface area contributed by atoms with Crippen molar-refractivity contribution in [3.8, 4) is 17.1 Å². The van der Waals surface area contributed by atoms with Crippen LogP contribution in [0.1, 0.15) is 21.6 Å². The standard InChI is InChI=1S/C24H17F3N6O/c1-14-19(13-29-33(14)18-7-4-16(5-8-18)24(25,26)27)23(34)30-17-6-9-20-21(11-17)32-22(31-20)15-3-2-10-28-12-15/h2-13H,1H3,(H,30,34)(H,31,32). The van der Waals surface area contributed by atoms with E-state index in [0.29, 0.717) is 28.5 Å². The van der Waals surface area contributed by atoms with Gasteiger partial charge in [-0.15, -0.1) is 0 Å². The number of nitrogens with zero attached hydrogens (tertiary/aromatic N) is 4. The SMILES string of the molecule is Cc1c(C(=O)Nc2ccc3nc(-c4cccnc4)[nH]c3c2)cnn1-c1ccc(C(F)(F)F)cc1. The minimum absolute atomic E-state index is 0.306. The van der Waals surface area contributed by atoms with Gasteiger partial charge in [0.2, 0.25) is 0 Å². The molecule has 0 atom stereocenters. The van der Waals surface area contributed by atoms with Crippen LogP contribution in [-0.2, 0) is 6.18 Å². The second-order valence-corrected chi connectivity index (χ2v) is 7.61. The Labute approximate surface area is 191 Å². The van der Waals surface area contributed by atoms with Crippen LogP contribution in [0.2, 0.25) is 0 Å². The second kappa shape index (κ2) is 8.14. The maximum atomic E-state index is 12.9. The number of amides is 1. The lowest BCUT2D eigenvalue weighted by Gasteiger charge is -2.09. The molecule has 0 aliphatic carbocycles. The zero-order chi connectivity index (χ0) is 23.9. The van der Waals surface area contributed by atoms with Crippen molar-refractivity contribution in [3.05, 3.63) is 90.0 Å². The van der Waals surface area contributed by atoms with Crippen LogP contribution in [0.4, 0.5) is 18.9 Å². The summed E-state index contributed by atoms with van der Waals surface area (Å²) in [6.07, 6.45) is 0.355. The number of nitrogens with one attached hydrogen (secondary N) is 2. The van der Waals surface area contributed by atoms with E-state index in [-0.39, 0.29) is 5.91 Å². The third-order valence-corrected chi connectivity index (χ3v) is 5.37. The molecule has 0 fully saturated rings. The highest BCUT2D eigenvalue weighted by atomic mass is 19.4. The Morgan fingerprint density at radius 1 is 1.06 bits per heavy atom. The Kier molecular flexibility index (Phi) is 5.12. The summed E-state index contributed by atoms with van der Waals surface area (Å²) >= 11 is 0. The van der Waals surface area contributed by atoms with Crippen molar-refractivity contribution in [1.82, 2.24) is 24.7 Å². The van der Waals surface area contributed by atoms with Crippen LogP contribution < -0.4 is 5.32 Å². The van der Waals surface area contributed by atoms with Crippen LogP contribution in [0.3, 0.4) is 0 Å². The Morgan fingerprint density at radius 2 is 1.85 bits per heavy atom. The van der Waals surface area contributed by atoms with Crippen molar-refractivity contribution in [3.63, 3.8) is 0 Å². The first-order valence-corrected chi connectivity index (χ1v) is 10.2. The van der Waals surface area contributed by atoms with Crippen LogP contribution in [0.25, 0.3) is 28.1 Å². The zero-order valence-corrected chi connectivity index (χ0v) is 17.8. The number of hydrogen-bond acceptors (Lipinski definition) is 4. The number of imidazole rings is 1. The van der Waals surface area contributed by atoms with E-state index in [1.54, 1.807) is 37.5 Å². The summed E-state index contributed by atoms with van der Waals surface area (Å²) in [5, 5.41) is 7.01. The van der Waals surface area contributed by atoms with Crippen molar-refractivity contribution in [1.29, 1.82) is 0 Å². The number of halogens is 3. The predicted molar refractivity (Wildman–Crippen MR) is 121 cm³/mol. The van der Waals surface area contributed by atoms with Crippen molar-refractivity contribution >= 4 is 22.6 Å². The van der Waals surface area contributed by atoms with E-state index >= 15 is 0 Å². The molecule has 5 rings (SSSR count). The van der Waals surface area contributed by atoms with E-state index in [0.717, 1.165) is 28.7 Å². The predicted octanol–water partition coefficient (Wildman–Crippen LogP) is 5.39. The lowest BCUT2D eigenvalue weighted by molar-refractivity contribution is -0.137. The van der Waals surface area contributed by atoms with Crippen LogP contribution in [0, 0.1) is 6.92 Å². The molecule has 5 aromatic rings. The van der Waals surface area contributed by atoms with Crippen LogP contribution >= 0.6 is 0 Å². The normalized spacial score (nSPS) is 11.6. The molecule has 0 aliphatic rings. The molecule has 0 unspecified atom stereocenters. The smallest absolute Gasteiger partial charge is 0.338 e. The number of H-pyrrole nitrogens is 1. The number of aromatic amines is 1. The molecule has 0 bridgehead atoms. The molecule has 3 heterocycles. The van der Waals surface area contributed by atoms with Gasteiger partial charge in [-0.2, -0.15) is 18.3 Å². The molecule has 7 nitrogen and oxygen atoms in total. The Bertz CT molecular complexity index is 1490. The number of alkyl halides is 3. The molecule has 0 saturated carbocycles. The molecule has 0 saturated heterocycles. The fourth-order valence-corrected chi connectivity index (χ4v) is 3.61. The van der Waals surface area contributed by atoms with Gasteiger partial charge in [0, 0.05) is 23.6 Å². The quantitative estimate of drug-likeness (QED) is 0.375. The first kappa shape index (κ1) is 21.4. The molecular weight excluding hydrogens is 445 g/mol. The number of aromatic nitrogens is 5. The number of carbonyl (C=O) groups is 1. The highest BCUT2D eigenvalue weighted by Gasteiger charge is 2.30. The van der Waals surface area contributed by atoms with Crippen LogP contribution in [-0.4, -0.2) is 30.6 Å². The van der Waals surface area contributed by atoms with Gasteiger partial charge >= 0.3 is 6.18 Å². The fraction of sp³-hybridized carbons (Fsp3) is 0.0833. The molecular formula is C24H17F3N6O. The maximum absolute atomic E-state index is 12.9. The van der Waals surface area contributed by atoms with E-state index in [9.17, 15) is 18.0 Å². The van der Waals surface area contributed by atoms with Gasteiger partial charge < -0.3 is 10.3 Å². The number of pyridine rings is 1. The molecule has 170 valence electrons. The van der Waals surface area contributed by atoms with Crippen LogP contribution in [0.15, 0.2) is 73.2 Å². The van der Waals surface area contributed by atoms with Gasteiger partial charge in [0.25, 0.3) is 5.91 Å². The fourth-order valence-electron chi connectivity index (χ4n) is 3.61. The lowest BCUT2D eigenvalue weighted by atomic mass is 10.2. The summed E-state index contributed by atoms with van der Waals surface area (Å²) in [4.78, 5) is 24.7. The van der Waals surface area contributed by atoms with Gasteiger partial charge in [0.05, 0.1) is 39.7 Å². The highest BCUT2D eigenvalue weighted by Crippen LogP contribution is 2.30. The monoisotopic (exact) mass is 462 g/mol. The van der Waals surface area contributed by atoms with Gasteiger partial charge in [-0.1, -0.05) is 0 Å². The average molecular weight is 462 g/mol. The Hall–Kier alpha value is -4.47. The first-order valence-electron chi connectivity index (χ1n) is 10.2. The molecule has 2 N–H and O–H groups in total. The van der Waals surface area contributed by atoms with Gasteiger partial charge in [0.15, 0.2) is 0 Å². The summed E-state index contributed by atoms with van der Waals surface area (Å²) in [5.41, 5.74) is 3.36. The van der Waals surface area contributed by atoms with Crippen molar-refractivity contribution < 1.29 is 18.0 Å². The summed E-state index contributed by atoms with van der Waals surface area (Å²) < 4.78 is 39.9. The minimum atomic E-state index is -4.42. The number of rotatable bonds is 4. The van der Waals surface area contributed by atoms with Gasteiger partial charge in [-0.05, 0) is 61.5 Å². The van der Waals surface area contributed by atoms with E-state index in [1.165, 1.54) is 23.0 Å². The number of anilines is 1. The second-order valence-electron chi connectivity index (χ2n) is 7.61. The lowest BCUT2D eigenvalue weighted by Crippen LogP contribution is -2.13. The molecule has 0 spiro atoms. The minimum Gasteiger partial charge on any atom is -0.338 e. The third kappa shape index (κ3) is 4.01. The zero-order valence-electron chi connectivity index (χ0n) is 17.8. The maximum Gasteiger partial charge on any atom is 0.416 e. The molecule has 10 heteroatoms. The number of fused-ring (bicyclic) bond motifs is 1. The van der Waals surface area contributed by atoms with Gasteiger partial charge in [-0.25, -0.2) is 9.67 Å². The molecule has 1 amide bonds. The topological polar surface area (TPSA) is 88.5 Å².